The number of carbonyl (C=O) groups excluding carboxylic acids is 2. The normalized spacial score (nSPS) is 10.3. The van der Waals surface area contributed by atoms with Crippen molar-refractivity contribution in [2.75, 3.05) is 17.7 Å². The van der Waals surface area contributed by atoms with Crippen LogP contribution in [0.5, 0.6) is 5.75 Å². The summed E-state index contributed by atoms with van der Waals surface area (Å²) in [5, 5.41) is 6.31. The Bertz CT molecular complexity index is 1000. The number of rotatable bonds is 7. The maximum Gasteiger partial charge on any atom is 0.255 e. The molecule has 0 aliphatic carbocycles. The minimum Gasteiger partial charge on any atom is -0.495 e. The molecule has 0 aliphatic heterocycles. The van der Waals surface area contributed by atoms with Gasteiger partial charge in [-0.2, -0.15) is 0 Å². The Morgan fingerprint density at radius 2 is 1.59 bits per heavy atom. The van der Waals surface area contributed by atoms with Gasteiger partial charge in [-0.05, 0) is 54.4 Å². The molecular weight excluding hydrogens is 388 g/mol. The van der Waals surface area contributed by atoms with Crippen molar-refractivity contribution in [1.82, 2.24) is 0 Å². The number of hydrogen-bond acceptors (Lipinski definition) is 3. The van der Waals surface area contributed by atoms with Crippen molar-refractivity contribution in [3.05, 3.63) is 88.9 Å². The molecule has 0 saturated heterocycles. The summed E-state index contributed by atoms with van der Waals surface area (Å²) in [6.45, 7) is 0. The van der Waals surface area contributed by atoms with E-state index in [2.05, 4.69) is 10.6 Å². The fraction of sp³-hybridized carbons (Fsp3) is 0.130. The van der Waals surface area contributed by atoms with Crippen LogP contribution in [0, 0.1) is 0 Å². The molecule has 0 fully saturated rings. The highest BCUT2D eigenvalue weighted by Gasteiger charge is 2.10. The first kappa shape index (κ1) is 20.4. The predicted octanol–water partition coefficient (Wildman–Crippen LogP) is 5.17. The van der Waals surface area contributed by atoms with Gasteiger partial charge in [-0.3, -0.25) is 9.59 Å². The van der Waals surface area contributed by atoms with Gasteiger partial charge in [0.2, 0.25) is 5.91 Å². The van der Waals surface area contributed by atoms with E-state index in [1.165, 1.54) is 0 Å². The maximum absolute atomic E-state index is 12.4. The van der Waals surface area contributed by atoms with E-state index >= 15 is 0 Å². The second-order valence-electron chi connectivity index (χ2n) is 6.37. The number of ether oxygens (including phenoxy) is 1. The zero-order chi connectivity index (χ0) is 20.6. The van der Waals surface area contributed by atoms with Crippen molar-refractivity contribution in [2.45, 2.75) is 12.8 Å². The van der Waals surface area contributed by atoms with E-state index < -0.39 is 0 Å². The van der Waals surface area contributed by atoms with Crippen LogP contribution in [0.4, 0.5) is 11.4 Å². The van der Waals surface area contributed by atoms with E-state index in [1.54, 1.807) is 43.5 Å². The summed E-state index contributed by atoms with van der Waals surface area (Å²) >= 11 is 6.11. The van der Waals surface area contributed by atoms with Gasteiger partial charge in [0, 0.05) is 22.7 Å². The van der Waals surface area contributed by atoms with Gasteiger partial charge in [0.1, 0.15) is 5.75 Å². The zero-order valence-corrected chi connectivity index (χ0v) is 16.7. The van der Waals surface area contributed by atoms with Crippen LogP contribution in [0.3, 0.4) is 0 Å². The van der Waals surface area contributed by atoms with Gasteiger partial charge in [-0.25, -0.2) is 0 Å². The summed E-state index contributed by atoms with van der Waals surface area (Å²) in [6, 6.07) is 21.4. The fourth-order valence-electron chi connectivity index (χ4n) is 2.82. The van der Waals surface area contributed by atoms with E-state index in [1.807, 2.05) is 36.4 Å². The molecule has 0 spiro atoms. The first-order valence-corrected chi connectivity index (χ1v) is 9.52. The molecule has 2 amide bonds. The number of amides is 2. The molecule has 3 aromatic rings. The fourth-order valence-corrected chi connectivity index (χ4v) is 3.05. The van der Waals surface area contributed by atoms with Crippen LogP contribution in [0.2, 0.25) is 5.02 Å². The summed E-state index contributed by atoms with van der Waals surface area (Å²) < 4.78 is 5.24. The lowest BCUT2D eigenvalue weighted by Gasteiger charge is -2.10. The molecule has 2 N–H and O–H groups in total. The smallest absolute Gasteiger partial charge is 0.255 e. The maximum atomic E-state index is 12.4. The minimum atomic E-state index is -0.258. The van der Waals surface area contributed by atoms with Gasteiger partial charge < -0.3 is 15.4 Å². The number of hydrogen-bond donors (Lipinski definition) is 2. The molecule has 29 heavy (non-hydrogen) atoms. The predicted molar refractivity (Wildman–Crippen MR) is 116 cm³/mol. The van der Waals surface area contributed by atoms with E-state index in [4.69, 9.17) is 16.3 Å². The van der Waals surface area contributed by atoms with Crippen molar-refractivity contribution in [3.8, 4) is 5.75 Å². The van der Waals surface area contributed by atoms with Crippen LogP contribution in [0.1, 0.15) is 22.3 Å². The Hall–Kier alpha value is -3.31. The van der Waals surface area contributed by atoms with Crippen molar-refractivity contribution in [2.24, 2.45) is 0 Å². The van der Waals surface area contributed by atoms with Crippen LogP contribution < -0.4 is 15.4 Å². The average molecular weight is 409 g/mol. The molecule has 0 saturated carbocycles. The van der Waals surface area contributed by atoms with Gasteiger partial charge in [0.15, 0.2) is 0 Å². The molecule has 0 heterocycles. The van der Waals surface area contributed by atoms with Crippen LogP contribution in [-0.4, -0.2) is 18.9 Å². The van der Waals surface area contributed by atoms with Gasteiger partial charge in [0.25, 0.3) is 5.91 Å². The van der Waals surface area contributed by atoms with E-state index in [9.17, 15) is 9.59 Å². The highest BCUT2D eigenvalue weighted by molar-refractivity contribution is 6.31. The van der Waals surface area contributed by atoms with Crippen molar-refractivity contribution < 1.29 is 14.3 Å². The number of nitrogens with one attached hydrogen (secondary N) is 2. The average Bonchev–Trinajstić information content (AvgIpc) is 2.74. The molecule has 3 aromatic carbocycles. The SMILES string of the molecule is COc1ccccc1NC(=O)c1ccc(NC(=O)CCc2ccccc2Cl)cc1. The standard InChI is InChI=1S/C23H21ClN2O3/c1-29-21-9-5-4-8-20(21)26-23(28)17-10-13-18(14-11-17)25-22(27)15-12-16-6-2-3-7-19(16)24/h2-11,13-14H,12,15H2,1H3,(H,25,27)(H,26,28). The Morgan fingerprint density at radius 3 is 2.31 bits per heavy atom. The summed E-state index contributed by atoms with van der Waals surface area (Å²) in [4.78, 5) is 24.6. The summed E-state index contributed by atoms with van der Waals surface area (Å²) in [5.41, 5.74) is 2.64. The zero-order valence-electron chi connectivity index (χ0n) is 15.9. The van der Waals surface area contributed by atoms with Crippen LogP contribution in [0.25, 0.3) is 0 Å². The van der Waals surface area contributed by atoms with E-state index in [0.717, 1.165) is 5.56 Å². The Kier molecular flexibility index (Phi) is 6.87. The quantitative estimate of drug-likeness (QED) is 0.566. The minimum absolute atomic E-state index is 0.115. The van der Waals surface area contributed by atoms with Crippen LogP contribution in [-0.2, 0) is 11.2 Å². The van der Waals surface area contributed by atoms with E-state index in [0.29, 0.717) is 40.6 Å². The summed E-state index contributed by atoms with van der Waals surface area (Å²) in [6.07, 6.45) is 0.880. The number of carbonyl (C=O) groups is 2. The topological polar surface area (TPSA) is 67.4 Å². The Labute approximate surface area is 174 Å². The van der Waals surface area contributed by atoms with Gasteiger partial charge in [-0.1, -0.05) is 41.9 Å². The number of halogens is 1. The lowest BCUT2D eigenvalue weighted by atomic mass is 10.1. The lowest BCUT2D eigenvalue weighted by Crippen LogP contribution is -2.14. The molecule has 5 nitrogen and oxygen atoms in total. The van der Waals surface area contributed by atoms with Crippen LogP contribution >= 0.6 is 11.6 Å². The molecule has 0 atom stereocenters. The molecule has 0 unspecified atom stereocenters. The molecule has 0 aromatic heterocycles. The molecule has 0 radical (unpaired) electrons. The Morgan fingerprint density at radius 1 is 0.897 bits per heavy atom. The first-order valence-electron chi connectivity index (χ1n) is 9.14. The molecule has 3 rings (SSSR count). The summed E-state index contributed by atoms with van der Waals surface area (Å²) in [7, 11) is 1.55. The number of anilines is 2. The molecule has 0 aliphatic rings. The highest BCUT2D eigenvalue weighted by atomic mass is 35.5. The second-order valence-corrected chi connectivity index (χ2v) is 6.78. The third-order valence-corrected chi connectivity index (χ3v) is 4.73. The number of benzene rings is 3. The van der Waals surface area contributed by atoms with Crippen LogP contribution in [0.15, 0.2) is 72.8 Å². The third-order valence-electron chi connectivity index (χ3n) is 4.37. The van der Waals surface area contributed by atoms with Gasteiger partial charge in [-0.15, -0.1) is 0 Å². The highest BCUT2D eigenvalue weighted by Crippen LogP contribution is 2.24. The number of para-hydroxylation sites is 2. The van der Waals surface area contributed by atoms with Gasteiger partial charge >= 0.3 is 0 Å². The van der Waals surface area contributed by atoms with Crippen molar-refractivity contribution in [1.29, 1.82) is 0 Å². The monoisotopic (exact) mass is 408 g/mol. The Balaban J connectivity index is 1.56. The van der Waals surface area contributed by atoms with E-state index in [-0.39, 0.29) is 11.8 Å². The third kappa shape index (κ3) is 5.59. The largest absolute Gasteiger partial charge is 0.495 e. The number of methoxy groups -OCH3 is 1. The lowest BCUT2D eigenvalue weighted by molar-refractivity contribution is -0.116. The first-order chi connectivity index (χ1) is 14.1. The molecule has 0 bridgehead atoms. The molecule has 148 valence electrons. The molecular formula is C23H21ClN2O3. The van der Waals surface area contributed by atoms with Crippen molar-refractivity contribution in [3.63, 3.8) is 0 Å². The van der Waals surface area contributed by atoms with Gasteiger partial charge in [0.05, 0.1) is 12.8 Å². The second kappa shape index (κ2) is 9.75. The molecule has 6 heteroatoms. The summed E-state index contributed by atoms with van der Waals surface area (Å²) in [5.74, 6) is 0.213. The van der Waals surface area contributed by atoms with Crippen molar-refractivity contribution >= 4 is 34.8 Å². The number of aryl methyl sites for hydroxylation is 1.